The van der Waals surface area contributed by atoms with E-state index in [2.05, 4.69) is 26.6 Å². The zero-order valence-electron chi connectivity index (χ0n) is 9.58. The number of halogens is 3. The van der Waals surface area contributed by atoms with E-state index in [0.29, 0.717) is 10.1 Å². The molecule has 0 aliphatic heterocycles. The summed E-state index contributed by atoms with van der Waals surface area (Å²) in [5, 5.41) is 6.39. The quantitative estimate of drug-likeness (QED) is 0.734. The van der Waals surface area contributed by atoms with Gasteiger partial charge in [0.2, 0.25) is 0 Å². The molecular weight excluding hydrogens is 351 g/mol. The molecule has 2 N–H and O–H groups in total. The number of thiocarbonyl (C=S) groups is 1. The minimum atomic E-state index is -0.451. The van der Waals surface area contributed by atoms with Gasteiger partial charge < -0.3 is 10.6 Å². The first kappa shape index (κ1) is 14.2. The van der Waals surface area contributed by atoms with Gasteiger partial charge in [0.25, 0.3) is 0 Å². The van der Waals surface area contributed by atoms with E-state index in [1.807, 2.05) is 24.3 Å². The van der Waals surface area contributed by atoms with Crippen molar-refractivity contribution < 1.29 is 4.39 Å². The number of anilines is 2. The smallest absolute Gasteiger partial charge is 0.175 e. The van der Waals surface area contributed by atoms with Gasteiger partial charge in [-0.1, -0.05) is 27.5 Å². The normalized spacial score (nSPS) is 10.1. The van der Waals surface area contributed by atoms with Gasteiger partial charge in [-0.2, -0.15) is 0 Å². The van der Waals surface area contributed by atoms with Crippen LogP contribution in [0, 0.1) is 5.82 Å². The SMILES string of the molecule is Fc1cc(Cl)ccc1NC(=S)Nc1ccc(Br)cc1. The monoisotopic (exact) mass is 358 g/mol. The van der Waals surface area contributed by atoms with Crippen LogP contribution < -0.4 is 10.6 Å². The van der Waals surface area contributed by atoms with Crippen molar-refractivity contribution in [2.24, 2.45) is 0 Å². The average Bonchev–Trinajstić information content (AvgIpc) is 2.36. The van der Waals surface area contributed by atoms with E-state index in [1.165, 1.54) is 12.1 Å². The molecule has 0 heterocycles. The van der Waals surface area contributed by atoms with E-state index in [4.69, 9.17) is 23.8 Å². The molecule has 0 spiro atoms. The fraction of sp³-hybridized carbons (Fsp3) is 0. The van der Waals surface area contributed by atoms with E-state index in [0.717, 1.165) is 10.2 Å². The van der Waals surface area contributed by atoms with Gasteiger partial charge in [0.05, 0.1) is 5.69 Å². The summed E-state index contributed by atoms with van der Waals surface area (Å²) in [6, 6.07) is 11.8. The van der Waals surface area contributed by atoms with Gasteiger partial charge in [-0.25, -0.2) is 4.39 Å². The maximum Gasteiger partial charge on any atom is 0.175 e. The average molecular weight is 360 g/mol. The van der Waals surface area contributed by atoms with Gasteiger partial charge >= 0.3 is 0 Å². The minimum Gasteiger partial charge on any atom is -0.332 e. The van der Waals surface area contributed by atoms with Crippen molar-refractivity contribution in [2.45, 2.75) is 0 Å². The van der Waals surface area contributed by atoms with Crippen LogP contribution in [0.4, 0.5) is 15.8 Å². The van der Waals surface area contributed by atoms with E-state index in [1.54, 1.807) is 6.07 Å². The third kappa shape index (κ3) is 4.16. The lowest BCUT2D eigenvalue weighted by atomic mass is 10.3. The van der Waals surface area contributed by atoms with E-state index < -0.39 is 5.82 Å². The second-order valence-electron chi connectivity index (χ2n) is 3.71. The highest BCUT2D eigenvalue weighted by Gasteiger charge is 2.05. The Balaban J connectivity index is 2.03. The van der Waals surface area contributed by atoms with Crippen LogP contribution in [-0.4, -0.2) is 5.11 Å². The van der Waals surface area contributed by atoms with Crippen LogP contribution in [0.1, 0.15) is 0 Å². The molecule has 6 heteroatoms. The Bertz CT molecular complexity index is 604. The van der Waals surface area contributed by atoms with Gasteiger partial charge in [0.1, 0.15) is 5.82 Å². The van der Waals surface area contributed by atoms with Gasteiger partial charge in [0.15, 0.2) is 5.11 Å². The van der Waals surface area contributed by atoms with Gasteiger partial charge in [-0.3, -0.25) is 0 Å². The van der Waals surface area contributed by atoms with Gasteiger partial charge in [-0.15, -0.1) is 0 Å². The number of rotatable bonds is 2. The van der Waals surface area contributed by atoms with Crippen molar-refractivity contribution >= 4 is 56.2 Å². The number of hydrogen-bond donors (Lipinski definition) is 2. The number of benzene rings is 2. The Labute approximate surface area is 129 Å². The van der Waals surface area contributed by atoms with Crippen LogP contribution >= 0.6 is 39.7 Å². The molecule has 2 nitrogen and oxygen atoms in total. The molecule has 0 saturated heterocycles. The molecule has 2 aromatic carbocycles. The minimum absolute atomic E-state index is 0.277. The second-order valence-corrected chi connectivity index (χ2v) is 5.47. The largest absolute Gasteiger partial charge is 0.332 e. The Hall–Kier alpha value is -1.17. The van der Waals surface area contributed by atoms with Gasteiger partial charge in [-0.05, 0) is 54.7 Å². The molecule has 19 heavy (non-hydrogen) atoms. The molecule has 0 aliphatic rings. The second kappa shape index (κ2) is 6.32. The molecule has 0 aromatic heterocycles. The van der Waals surface area contributed by atoms with Crippen LogP contribution in [0.25, 0.3) is 0 Å². The number of hydrogen-bond acceptors (Lipinski definition) is 1. The predicted molar refractivity (Wildman–Crippen MR) is 85.4 cm³/mol. The fourth-order valence-electron chi connectivity index (χ4n) is 1.41. The highest BCUT2D eigenvalue weighted by atomic mass is 79.9. The summed E-state index contributed by atoms with van der Waals surface area (Å²) in [5.41, 5.74) is 1.09. The molecule has 0 atom stereocenters. The maximum atomic E-state index is 13.6. The third-order valence-electron chi connectivity index (χ3n) is 2.28. The summed E-state index contributed by atoms with van der Waals surface area (Å²) in [4.78, 5) is 0. The molecule has 2 aromatic rings. The molecule has 0 saturated carbocycles. The van der Waals surface area contributed by atoms with Gasteiger partial charge in [0, 0.05) is 15.2 Å². The zero-order chi connectivity index (χ0) is 13.8. The van der Waals surface area contributed by atoms with Crippen LogP contribution in [0.3, 0.4) is 0 Å². The van der Waals surface area contributed by atoms with E-state index >= 15 is 0 Å². The maximum absolute atomic E-state index is 13.6. The lowest BCUT2D eigenvalue weighted by Crippen LogP contribution is -2.19. The van der Waals surface area contributed by atoms with Crippen molar-refractivity contribution in [3.05, 3.63) is 57.8 Å². The highest BCUT2D eigenvalue weighted by molar-refractivity contribution is 9.10. The zero-order valence-corrected chi connectivity index (χ0v) is 12.7. The molecule has 0 bridgehead atoms. The topological polar surface area (TPSA) is 24.1 Å². The first-order chi connectivity index (χ1) is 9.04. The lowest BCUT2D eigenvalue weighted by Gasteiger charge is -2.11. The molecule has 0 fully saturated rings. The summed E-state index contributed by atoms with van der Waals surface area (Å²) in [7, 11) is 0. The summed E-state index contributed by atoms with van der Waals surface area (Å²) in [5.74, 6) is -0.451. The summed E-state index contributed by atoms with van der Waals surface area (Å²) in [6.07, 6.45) is 0. The fourth-order valence-corrected chi connectivity index (χ4v) is 2.06. The molecule has 0 aliphatic carbocycles. The molecular formula is C13H9BrClFN2S. The van der Waals surface area contributed by atoms with Crippen LogP contribution in [0.15, 0.2) is 46.9 Å². The highest BCUT2D eigenvalue weighted by Crippen LogP contribution is 2.19. The summed E-state index contributed by atoms with van der Waals surface area (Å²) < 4.78 is 14.5. The lowest BCUT2D eigenvalue weighted by molar-refractivity contribution is 0.632. The number of nitrogens with one attached hydrogen (secondary N) is 2. The molecule has 2 rings (SSSR count). The summed E-state index contributed by atoms with van der Waals surface area (Å²) in [6.45, 7) is 0. The molecule has 0 unspecified atom stereocenters. The van der Waals surface area contributed by atoms with Crippen molar-refractivity contribution in [3.63, 3.8) is 0 Å². The van der Waals surface area contributed by atoms with Crippen molar-refractivity contribution in [1.29, 1.82) is 0 Å². The van der Waals surface area contributed by atoms with E-state index in [-0.39, 0.29) is 5.69 Å². The molecule has 0 amide bonds. The third-order valence-corrected chi connectivity index (χ3v) is 3.25. The summed E-state index contributed by atoms with van der Waals surface area (Å²) >= 11 is 14.1. The molecule has 98 valence electrons. The van der Waals surface area contributed by atoms with E-state index in [9.17, 15) is 4.39 Å². The first-order valence-electron chi connectivity index (χ1n) is 5.33. The first-order valence-corrected chi connectivity index (χ1v) is 6.91. The van der Waals surface area contributed by atoms with Crippen molar-refractivity contribution in [1.82, 2.24) is 0 Å². The van der Waals surface area contributed by atoms with Crippen LogP contribution in [0.2, 0.25) is 5.02 Å². The standard InChI is InChI=1S/C13H9BrClFN2S/c14-8-1-4-10(5-2-8)17-13(19)18-12-6-3-9(15)7-11(12)16/h1-7H,(H2,17,18,19). The Morgan fingerprint density at radius 3 is 2.42 bits per heavy atom. The Morgan fingerprint density at radius 1 is 1.11 bits per heavy atom. The van der Waals surface area contributed by atoms with Crippen molar-refractivity contribution in [3.8, 4) is 0 Å². The van der Waals surface area contributed by atoms with Crippen LogP contribution in [-0.2, 0) is 0 Å². The molecule has 0 radical (unpaired) electrons. The van der Waals surface area contributed by atoms with Crippen molar-refractivity contribution in [2.75, 3.05) is 10.6 Å². The Kier molecular flexibility index (Phi) is 4.74. The Morgan fingerprint density at radius 2 is 1.79 bits per heavy atom. The van der Waals surface area contributed by atoms with Crippen LogP contribution in [0.5, 0.6) is 0 Å². The predicted octanol–water partition coefficient (Wildman–Crippen LogP) is 5.05.